The van der Waals surface area contributed by atoms with Gasteiger partial charge in [0.15, 0.2) is 0 Å². The van der Waals surface area contributed by atoms with E-state index in [9.17, 15) is 18.0 Å². The number of halogens is 3. The number of carbonyl (C=O) groups excluding carboxylic acids is 1. The molecule has 1 aromatic rings. The molecule has 1 aliphatic carbocycles. The highest BCUT2D eigenvalue weighted by molar-refractivity contribution is 5.75. The normalized spacial score (nSPS) is 19.7. The number of benzene rings is 1. The van der Waals surface area contributed by atoms with Crippen LogP contribution >= 0.6 is 0 Å². The maximum atomic E-state index is 13.3. The maximum absolute atomic E-state index is 13.3. The Balaban J connectivity index is 1.62. The van der Waals surface area contributed by atoms with Crippen LogP contribution in [0.15, 0.2) is 18.2 Å². The van der Waals surface area contributed by atoms with Crippen LogP contribution in [-0.4, -0.2) is 23.7 Å². The van der Waals surface area contributed by atoms with Crippen LogP contribution in [0.1, 0.15) is 42.4 Å². The first-order valence-corrected chi connectivity index (χ1v) is 7.99. The summed E-state index contributed by atoms with van der Waals surface area (Å²) < 4.78 is 40.0. The van der Waals surface area contributed by atoms with E-state index in [1.165, 1.54) is 0 Å². The molecule has 1 aliphatic heterocycles. The minimum Gasteiger partial charge on any atom is -0.337 e. The molecule has 0 spiro atoms. The lowest BCUT2D eigenvalue weighted by molar-refractivity contribution is -0.219. The lowest BCUT2D eigenvalue weighted by Gasteiger charge is -2.32. The number of hydrogen-bond donors (Lipinski definition) is 1. The molecular formula is C17H21F3N2O. The molecule has 1 N–H and O–H groups in total. The van der Waals surface area contributed by atoms with Gasteiger partial charge in [0.1, 0.15) is 0 Å². The number of nitrogens with one attached hydrogen (secondary N) is 1. The van der Waals surface area contributed by atoms with Crippen molar-refractivity contribution in [3.8, 4) is 0 Å². The molecule has 1 aromatic carbocycles. The highest BCUT2D eigenvalue weighted by Crippen LogP contribution is 2.49. The number of fused-ring (bicyclic) bond motifs is 1. The second-order valence-electron chi connectivity index (χ2n) is 6.77. The van der Waals surface area contributed by atoms with Gasteiger partial charge in [-0.3, -0.25) is 0 Å². The second-order valence-corrected chi connectivity index (χ2v) is 6.77. The van der Waals surface area contributed by atoms with Gasteiger partial charge < -0.3 is 10.2 Å². The van der Waals surface area contributed by atoms with Crippen LogP contribution in [0.25, 0.3) is 0 Å². The van der Waals surface area contributed by atoms with Gasteiger partial charge in [-0.25, -0.2) is 4.79 Å². The third-order valence-corrected chi connectivity index (χ3v) is 5.11. The van der Waals surface area contributed by atoms with E-state index in [1.54, 1.807) is 4.90 Å². The summed E-state index contributed by atoms with van der Waals surface area (Å²) in [6.45, 7) is 2.58. The fourth-order valence-electron chi connectivity index (χ4n) is 3.64. The smallest absolute Gasteiger partial charge is 0.337 e. The van der Waals surface area contributed by atoms with Crippen LogP contribution in [0.4, 0.5) is 18.0 Å². The Morgan fingerprint density at radius 3 is 2.52 bits per heavy atom. The van der Waals surface area contributed by atoms with Gasteiger partial charge in [-0.2, -0.15) is 13.2 Å². The molecule has 0 saturated heterocycles. The molecule has 2 amide bonds. The summed E-state index contributed by atoms with van der Waals surface area (Å²) in [7, 11) is 0. The Bertz CT molecular complexity index is 606. The van der Waals surface area contributed by atoms with Crippen LogP contribution < -0.4 is 5.32 Å². The van der Waals surface area contributed by atoms with E-state index in [2.05, 4.69) is 5.32 Å². The largest absolute Gasteiger partial charge is 0.396 e. The van der Waals surface area contributed by atoms with Crippen LogP contribution in [-0.2, 0) is 13.1 Å². The zero-order valence-corrected chi connectivity index (χ0v) is 13.2. The molecule has 0 radical (unpaired) electrons. The van der Waals surface area contributed by atoms with Crippen molar-refractivity contribution in [2.75, 3.05) is 6.54 Å². The van der Waals surface area contributed by atoms with Gasteiger partial charge in [-0.15, -0.1) is 0 Å². The zero-order chi connectivity index (χ0) is 16.7. The van der Waals surface area contributed by atoms with Crippen molar-refractivity contribution in [2.45, 2.75) is 51.9 Å². The van der Waals surface area contributed by atoms with E-state index in [0.717, 1.165) is 16.7 Å². The maximum Gasteiger partial charge on any atom is 0.396 e. The van der Waals surface area contributed by atoms with Crippen molar-refractivity contribution in [1.29, 1.82) is 0 Å². The minimum absolute atomic E-state index is 0.107. The van der Waals surface area contributed by atoms with E-state index >= 15 is 0 Å². The molecule has 0 atom stereocenters. The van der Waals surface area contributed by atoms with Crippen molar-refractivity contribution in [1.82, 2.24) is 10.2 Å². The van der Waals surface area contributed by atoms with E-state index in [4.69, 9.17) is 0 Å². The molecule has 126 valence electrons. The van der Waals surface area contributed by atoms with E-state index < -0.39 is 17.6 Å². The Kier molecular flexibility index (Phi) is 4.02. The molecule has 3 nitrogen and oxygen atoms in total. The standard InChI is InChI=1S/C17H21F3N2O/c1-12-4-5-13-9-22(10-14(13)8-12)15(23)21-11-16(17(18,19)20)6-2-3-7-16/h4-5,8H,2-3,6-7,9-11H2,1H3,(H,21,23). The van der Waals surface area contributed by atoms with E-state index in [0.29, 0.717) is 25.9 Å². The van der Waals surface area contributed by atoms with Crippen LogP contribution in [0, 0.1) is 12.3 Å². The highest BCUT2D eigenvalue weighted by Gasteiger charge is 2.55. The fraction of sp³-hybridized carbons (Fsp3) is 0.588. The molecule has 0 bridgehead atoms. The van der Waals surface area contributed by atoms with Gasteiger partial charge in [0.25, 0.3) is 0 Å². The van der Waals surface area contributed by atoms with Crippen LogP contribution in [0.2, 0.25) is 0 Å². The van der Waals surface area contributed by atoms with Crippen LogP contribution in [0.3, 0.4) is 0 Å². The first-order valence-electron chi connectivity index (χ1n) is 7.99. The third kappa shape index (κ3) is 3.03. The number of aryl methyl sites for hydroxylation is 1. The lowest BCUT2D eigenvalue weighted by atomic mass is 9.85. The van der Waals surface area contributed by atoms with Crippen molar-refractivity contribution < 1.29 is 18.0 Å². The molecule has 23 heavy (non-hydrogen) atoms. The van der Waals surface area contributed by atoms with Gasteiger partial charge >= 0.3 is 12.2 Å². The fourth-order valence-corrected chi connectivity index (χ4v) is 3.64. The summed E-state index contributed by atoms with van der Waals surface area (Å²) in [5.41, 5.74) is 1.52. The van der Waals surface area contributed by atoms with Crippen molar-refractivity contribution in [2.24, 2.45) is 5.41 Å². The van der Waals surface area contributed by atoms with Gasteiger partial charge in [0.2, 0.25) is 0 Å². The van der Waals surface area contributed by atoms with E-state index in [-0.39, 0.29) is 19.4 Å². The summed E-state index contributed by atoms with van der Waals surface area (Å²) in [6, 6.07) is 5.58. The summed E-state index contributed by atoms with van der Waals surface area (Å²) in [4.78, 5) is 13.8. The number of carbonyl (C=O) groups is 1. The Morgan fingerprint density at radius 2 is 1.87 bits per heavy atom. The lowest BCUT2D eigenvalue weighted by Crippen LogP contribution is -2.48. The molecule has 1 saturated carbocycles. The number of amides is 2. The first kappa shape index (κ1) is 16.1. The average Bonchev–Trinajstić information content (AvgIpc) is 3.10. The number of alkyl halides is 3. The predicted molar refractivity (Wildman–Crippen MR) is 80.8 cm³/mol. The topological polar surface area (TPSA) is 32.3 Å². The quantitative estimate of drug-likeness (QED) is 0.870. The summed E-state index contributed by atoms with van der Waals surface area (Å²) >= 11 is 0. The molecule has 1 fully saturated rings. The molecule has 1 heterocycles. The Hall–Kier alpha value is -1.72. The third-order valence-electron chi connectivity index (χ3n) is 5.11. The van der Waals surface area contributed by atoms with Gasteiger partial charge in [-0.1, -0.05) is 36.6 Å². The van der Waals surface area contributed by atoms with E-state index in [1.807, 2.05) is 25.1 Å². The summed E-state index contributed by atoms with van der Waals surface area (Å²) in [5.74, 6) is 0. The predicted octanol–water partition coefficient (Wildman–Crippen LogP) is 4.14. The summed E-state index contributed by atoms with van der Waals surface area (Å²) in [5, 5.41) is 2.53. The first-order chi connectivity index (χ1) is 10.8. The van der Waals surface area contributed by atoms with Gasteiger partial charge in [-0.05, 0) is 30.9 Å². The summed E-state index contributed by atoms with van der Waals surface area (Å²) in [6.07, 6.45) is -2.90. The minimum atomic E-state index is -4.26. The van der Waals surface area contributed by atoms with Crippen molar-refractivity contribution in [3.05, 3.63) is 34.9 Å². The van der Waals surface area contributed by atoms with Gasteiger partial charge in [0, 0.05) is 19.6 Å². The molecule has 0 unspecified atom stereocenters. The van der Waals surface area contributed by atoms with Crippen molar-refractivity contribution >= 4 is 6.03 Å². The number of rotatable bonds is 2. The molecule has 3 rings (SSSR count). The second kappa shape index (κ2) is 5.73. The highest BCUT2D eigenvalue weighted by atomic mass is 19.4. The SMILES string of the molecule is Cc1ccc2c(c1)CN(C(=O)NCC1(C(F)(F)F)CCCC1)C2. The van der Waals surface area contributed by atoms with Crippen molar-refractivity contribution in [3.63, 3.8) is 0 Å². The number of urea groups is 1. The van der Waals surface area contributed by atoms with Gasteiger partial charge in [0.05, 0.1) is 5.41 Å². The molecule has 6 heteroatoms. The molecule has 2 aliphatic rings. The Labute approximate surface area is 133 Å². The average molecular weight is 326 g/mol. The number of nitrogens with zero attached hydrogens (tertiary/aromatic N) is 1. The monoisotopic (exact) mass is 326 g/mol. The zero-order valence-electron chi connectivity index (χ0n) is 13.2. The Morgan fingerprint density at radius 1 is 1.22 bits per heavy atom. The molecular weight excluding hydrogens is 305 g/mol. The number of hydrogen-bond acceptors (Lipinski definition) is 1. The van der Waals surface area contributed by atoms with Crippen LogP contribution in [0.5, 0.6) is 0 Å². The molecule has 0 aromatic heterocycles.